The Bertz CT molecular complexity index is 972. The molecule has 124 valence electrons. The lowest BCUT2D eigenvalue weighted by Gasteiger charge is -2.11. The van der Waals surface area contributed by atoms with E-state index >= 15 is 0 Å². The molecule has 23 heavy (non-hydrogen) atoms. The zero-order valence-electron chi connectivity index (χ0n) is 12.2. The molecule has 0 bridgehead atoms. The summed E-state index contributed by atoms with van der Waals surface area (Å²) in [5.74, 6) is -0.568. The van der Waals surface area contributed by atoms with E-state index < -0.39 is 30.6 Å². The molecule has 2 aromatic rings. The standard InChI is InChI=1S/C14H13ClFNO4S2/c1-9-3-4-10(7-13(9)16)17-23(20,21)14-8-11(22(2,18)19)5-6-12(14)15/h3-8,17H,1-2H3. The number of halogens is 2. The molecule has 1 N–H and O–H groups in total. The molecule has 0 atom stereocenters. The highest BCUT2D eigenvalue weighted by Crippen LogP contribution is 2.27. The summed E-state index contributed by atoms with van der Waals surface area (Å²) in [4.78, 5) is -0.583. The van der Waals surface area contributed by atoms with Crippen LogP contribution in [0.2, 0.25) is 5.02 Å². The van der Waals surface area contributed by atoms with E-state index in [9.17, 15) is 21.2 Å². The predicted octanol–water partition coefficient (Wildman–Crippen LogP) is 2.99. The number of nitrogens with one attached hydrogen (secondary N) is 1. The van der Waals surface area contributed by atoms with E-state index in [4.69, 9.17) is 11.6 Å². The molecular formula is C14H13ClFNO4S2. The van der Waals surface area contributed by atoms with E-state index in [2.05, 4.69) is 4.72 Å². The van der Waals surface area contributed by atoms with Crippen LogP contribution in [0.4, 0.5) is 10.1 Å². The van der Waals surface area contributed by atoms with E-state index in [1.165, 1.54) is 24.3 Å². The Hall–Kier alpha value is -1.64. The van der Waals surface area contributed by atoms with Gasteiger partial charge in [0.25, 0.3) is 10.0 Å². The minimum absolute atomic E-state index is 0.00826. The van der Waals surface area contributed by atoms with Gasteiger partial charge in [0, 0.05) is 6.26 Å². The van der Waals surface area contributed by atoms with Crippen molar-refractivity contribution in [1.29, 1.82) is 0 Å². The number of sulfonamides is 1. The largest absolute Gasteiger partial charge is 0.279 e. The molecule has 0 aliphatic carbocycles. The summed E-state index contributed by atoms with van der Waals surface area (Å²) in [7, 11) is -7.77. The van der Waals surface area contributed by atoms with Crippen LogP contribution in [0.1, 0.15) is 5.56 Å². The van der Waals surface area contributed by atoms with Gasteiger partial charge in [-0.1, -0.05) is 17.7 Å². The minimum atomic E-state index is -4.17. The molecule has 0 spiro atoms. The van der Waals surface area contributed by atoms with Gasteiger partial charge in [-0.2, -0.15) is 0 Å². The van der Waals surface area contributed by atoms with Gasteiger partial charge in [0.2, 0.25) is 0 Å². The van der Waals surface area contributed by atoms with Crippen molar-refractivity contribution in [2.75, 3.05) is 11.0 Å². The molecule has 0 saturated heterocycles. The second-order valence-electron chi connectivity index (χ2n) is 4.93. The number of aryl methyl sites for hydroxylation is 1. The molecular weight excluding hydrogens is 365 g/mol. The summed E-state index contributed by atoms with van der Waals surface area (Å²) < 4.78 is 63.6. The molecule has 0 fully saturated rings. The third kappa shape index (κ3) is 4.01. The van der Waals surface area contributed by atoms with Gasteiger partial charge in [0.15, 0.2) is 9.84 Å². The first-order valence-corrected chi connectivity index (χ1v) is 10.0. The van der Waals surface area contributed by atoms with Crippen LogP contribution in [0.5, 0.6) is 0 Å². The number of benzene rings is 2. The fourth-order valence-corrected chi connectivity index (χ4v) is 4.08. The highest BCUT2D eigenvalue weighted by atomic mass is 35.5. The molecule has 2 rings (SSSR count). The summed E-state index contributed by atoms with van der Waals surface area (Å²) in [6.45, 7) is 1.54. The Morgan fingerprint density at radius 1 is 1.04 bits per heavy atom. The lowest BCUT2D eigenvalue weighted by molar-refractivity contribution is 0.599. The summed E-state index contributed by atoms with van der Waals surface area (Å²) in [6.07, 6.45) is 0.954. The van der Waals surface area contributed by atoms with Crippen LogP contribution in [-0.2, 0) is 19.9 Å². The third-order valence-corrected chi connectivity index (χ3v) is 6.02. The monoisotopic (exact) mass is 377 g/mol. The fraction of sp³-hybridized carbons (Fsp3) is 0.143. The van der Waals surface area contributed by atoms with E-state index in [0.29, 0.717) is 5.56 Å². The normalized spacial score (nSPS) is 12.2. The van der Waals surface area contributed by atoms with Gasteiger partial charge in [-0.25, -0.2) is 21.2 Å². The van der Waals surface area contributed by atoms with Crippen molar-refractivity contribution in [3.8, 4) is 0 Å². The quantitative estimate of drug-likeness (QED) is 0.888. The molecule has 0 aromatic heterocycles. The van der Waals surface area contributed by atoms with E-state index in [-0.39, 0.29) is 15.6 Å². The van der Waals surface area contributed by atoms with Gasteiger partial charge in [0.1, 0.15) is 10.7 Å². The van der Waals surface area contributed by atoms with E-state index in [0.717, 1.165) is 18.4 Å². The van der Waals surface area contributed by atoms with Crippen LogP contribution < -0.4 is 4.72 Å². The van der Waals surface area contributed by atoms with Crippen molar-refractivity contribution in [1.82, 2.24) is 0 Å². The Kier molecular flexibility index (Phi) is 4.70. The van der Waals surface area contributed by atoms with Gasteiger partial charge in [-0.15, -0.1) is 0 Å². The van der Waals surface area contributed by atoms with Crippen molar-refractivity contribution < 1.29 is 21.2 Å². The molecule has 0 saturated carbocycles. The minimum Gasteiger partial charge on any atom is -0.279 e. The number of hydrogen-bond donors (Lipinski definition) is 1. The van der Waals surface area contributed by atoms with Crippen molar-refractivity contribution in [2.45, 2.75) is 16.7 Å². The van der Waals surface area contributed by atoms with Crippen LogP contribution in [0.15, 0.2) is 46.2 Å². The molecule has 0 radical (unpaired) electrons. The maximum atomic E-state index is 13.5. The summed E-state index contributed by atoms with van der Waals surface area (Å²) >= 11 is 5.87. The van der Waals surface area contributed by atoms with Gasteiger partial charge in [-0.3, -0.25) is 4.72 Å². The van der Waals surface area contributed by atoms with Crippen LogP contribution in [0.25, 0.3) is 0 Å². The number of rotatable bonds is 4. The van der Waals surface area contributed by atoms with Crippen molar-refractivity contribution in [2.24, 2.45) is 0 Å². The number of hydrogen-bond acceptors (Lipinski definition) is 4. The topological polar surface area (TPSA) is 80.3 Å². The van der Waals surface area contributed by atoms with Gasteiger partial charge in [-0.05, 0) is 42.8 Å². The summed E-state index contributed by atoms with van der Waals surface area (Å²) in [5, 5.41) is -0.141. The number of sulfone groups is 1. The highest BCUT2D eigenvalue weighted by molar-refractivity contribution is 7.93. The van der Waals surface area contributed by atoms with Gasteiger partial charge < -0.3 is 0 Å². The maximum absolute atomic E-state index is 13.5. The molecule has 0 unspecified atom stereocenters. The Balaban J connectivity index is 2.49. The first-order valence-electron chi connectivity index (χ1n) is 6.29. The number of anilines is 1. The van der Waals surface area contributed by atoms with Crippen LogP contribution in [0.3, 0.4) is 0 Å². The lowest BCUT2D eigenvalue weighted by Crippen LogP contribution is -2.14. The van der Waals surface area contributed by atoms with Crippen LogP contribution in [-0.4, -0.2) is 23.1 Å². The first kappa shape index (κ1) is 17.7. The third-order valence-electron chi connectivity index (χ3n) is 3.04. The van der Waals surface area contributed by atoms with E-state index in [1.54, 1.807) is 6.92 Å². The maximum Gasteiger partial charge on any atom is 0.263 e. The molecule has 2 aromatic carbocycles. The van der Waals surface area contributed by atoms with Gasteiger partial charge in [0.05, 0.1) is 15.6 Å². The molecule has 9 heteroatoms. The highest BCUT2D eigenvalue weighted by Gasteiger charge is 2.21. The van der Waals surface area contributed by atoms with E-state index in [1.807, 2.05) is 0 Å². The van der Waals surface area contributed by atoms with Gasteiger partial charge >= 0.3 is 0 Å². The lowest BCUT2D eigenvalue weighted by atomic mass is 10.2. The van der Waals surface area contributed by atoms with Crippen molar-refractivity contribution in [3.05, 3.63) is 52.8 Å². The second kappa shape index (κ2) is 6.10. The Labute approximate surface area is 139 Å². The zero-order chi connectivity index (χ0) is 17.4. The van der Waals surface area contributed by atoms with Crippen LogP contribution >= 0.6 is 11.6 Å². The van der Waals surface area contributed by atoms with Crippen LogP contribution in [0, 0.1) is 12.7 Å². The summed E-state index contributed by atoms with van der Waals surface area (Å²) in [6, 6.07) is 7.20. The smallest absolute Gasteiger partial charge is 0.263 e. The Morgan fingerprint density at radius 2 is 1.70 bits per heavy atom. The molecule has 5 nitrogen and oxygen atoms in total. The molecule has 0 aliphatic rings. The zero-order valence-corrected chi connectivity index (χ0v) is 14.6. The first-order chi connectivity index (χ1) is 10.5. The Morgan fingerprint density at radius 3 is 2.26 bits per heavy atom. The second-order valence-corrected chi connectivity index (χ2v) is 9.01. The van der Waals surface area contributed by atoms with Crippen molar-refractivity contribution >= 4 is 37.1 Å². The average molecular weight is 378 g/mol. The molecule has 0 amide bonds. The molecule has 0 aliphatic heterocycles. The average Bonchev–Trinajstić information content (AvgIpc) is 2.41. The summed E-state index contributed by atoms with van der Waals surface area (Å²) in [5.41, 5.74) is 0.374. The SMILES string of the molecule is Cc1ccc(NS(=O)(=O)c2cc(S(C)(=O)=O)ccc2Cl)cc1F. The predicted molar refractivity (Wildman–Crippen MR) is 86.5 cm³/mol. The van der Waals surface area contributed by atoms with Crippen molar-refractivity contribution in [3.63, 3.8) is 0 Å². The molecule has 0 heterocycles. The fourth-order valence-electron chi connectivity index (χ4n) is 1.79.